The van der Waals surface area contributed by atoms with Gasteiger partial charge in [0.05, 0.1) is 24.6 Å². The number of hydrogen-bond donors (Lipinski definition) is 1. The van der Waals surface area contributed by atoms with Gasteiger partial charge in [0.1, 0.15) is 5.82 Å². The second kappa shape index (κ2) is 7.11. The molecule has 0 unspecified atom stereocenters. The summed E-state index contributed by atoms with van der Waals surface area (Å²) < 4.78 is 20.6. The van der Waals surface area contributed by atoms with Crippen molar-refractivity contribution in [3.8, 4) is 17.1 Å². The van der Waals surface area contributed by atoms with E-state index >= 15 is 0 Å². The molecule has 0 aliphatic carbocycles. The maximum Gasteiger partial charge on any atom is 0.258 e. The van der Waals surface area contributed by atoms with Gasteiger partial charge in [0.2, 0.25) is 5.88 Å². The number of fused-ring (bicyclic) bond motifs is 1. The molecule has 6 nitrogen and oxygen atoms in total. The van der Waals surface area contributed by atoms with Crippen LogP contribution in [0, 0.1) is 12.7 Å². The second-order valence-electron chi connectivity index (χ2n) is 6.27. The first-order valence-corrected chi connectivity index (χ1v) is 8.62. The smallest absolute Gasteiger partial charge is 0.258 e. The van der Waals surface area contributed by atoms with E-state index in [1.54, 1.807) is 36.0 Å². The zero-order chi connectivity index (χ0) is 19.7. The average Bonchev–Trinajstić information content (AvgIpc) is 3.13. The summed E-state index contributed by atoms with van der Waals surface area (Å²) in [6.07, 6.45) is 1.78. The van der Waals surface area contributed by atoms with Crippen LogP contribution in [0.25, 0.3) is 16.9 Å². The van der Waals surface area contributed by atoms with Crippen molar-refractivity contribution < 1.29 is 13.9 Å². The lowest BCUT2D eigenvalue weighted by Crippen LogP contribution is -2.14. The lowest BCUT2D eigenvalue weighted by molar-refractivity contribution is 0.102. The largest absolute Gasteiger partial charge is 0.480 e. The zero-order valence-electron chi connectivity index (χ0n) is 15.3. The number of nitrogens with zero attached hydrogens (tertiary/aromatic N) is 3. The Balaban J connectivity index is 1.67. The van der Waals surface area contributed by atoms with Crippen LogP contribution in [0.5, 0.6) is 5.88 Å². The number of aryl methyl sites for hydroxylation is 1. The summed E-state index contributed by atoms with van der Waals surface area (Å²) >= 11 is 0. The molecule has 0 fully saturated rings. The quantitative estimate of drug-likeness (QED) is 0.582. The third-order valence-electron chi connectivity index (χ3n) is 4.40. The Kier molecular flexibility index (Phi) is 4.49. The minimum Gasteiger partial charge on any atom is -0.480 e. The van der Waals surface area contributed by atoms with E-state index in [2.05, 4.69) is 15.4 Å². The molecule has 140 valence electrons. The zero-order valence-corrected chi connectivity index (χ0v) is 15.3. The normalized spacial score (nSPS) is 10.8. The predicted molar refractivity (Wildman–Crippen MR) is 104 cm³/mol. The second-order valence-corrected chi connectivity index (χ2v) is 6.27. The highest BCUT2D eigenvalue weighted by Crippen LogP contribution is 2.26. The van der Waals surface area contributed by atoms with Crippen LogP contribution in [0.1, 0.15) is 15.9 Å². The van der Waals surface area contributed by atoms with Gasteiger partial charge in [0.15, 0.2) is 5.65 Å². The lowest BCUT2D eigenvalue weighted by Gasteiger charge is -2.10. The summed E-state index contributed by atoms with van der Waals surface area (Å²) in [6.45, 7) is 1.87. The fourth-order valence-corrected chi connectivity index (χ4v) is 2.86. The number of anilines is 1. The van der Waals surface area contributed by atoms with Gasteiger partial charge >= 0.3 is 0 Å². The van der Waals surface area contributed by atoms with Gasteiger partial charge in [0.25, 0.3) is 5.91 Å². The fourth-order valence-electron chi connectivity index (χ4n) is 2.86. The van der Waals surface area contributed by atoms with E-state index in [4.69, 9.17) is 4.74 Å². The number of imidazole rings is 1. The number of amides is 1. The highest BCUT2D eigenvalue weighted by atomic mass is 19.1. The first-order chi connectivity index (χ1) is 13.5. The third-order valence-corrected chi connectivity index (χ3v) is 4.40. The van der Waals surface area contributed by atoms with E-state index < -0.39 is 11.7 Å². The van der Waals surface area contributed by atoms with Crippen LogP contribution in [0.4, 0.5) is 10.1 Å². The summed E-state index contributed by atoms with van der Waals surface area (Å²) in [6, 6.07) is 15.0. The van der Waals surface area contributed by atoms with Crippen LogP contribution in [-0.2, 0) is 0 Å². The fraction of sp³-hybridized carbons (Fsp3) is 0.0952. The molecular formula is C21H17FN4O2. The number of nitrogens with one attached hydrogen (secondary N) is 1. The molecule has 28 heavy (non-hydrogen) atoms. The molecule has 0 spiro atoms. The lowest BCUT2D eigenvalue weighted by atomic mass is 10.1. The Labute approximate surface area is 160 Å². The van der Waals surface area contributed by atoms with Gasteiger partial charge < -0.3 is 10.1 Å². The Hall–Kier alpha value is -3.74. The highest BCUT2D eigenvalue weighted by molar-refractivity contribution is 6.05. The van der Waals surface area contributed by atoms with Gasteiger partial charge in [-0.25, -0.2) is 13.9 Å². The van der Waals surface area contributed by atoms with Crippen molar-refractivity contribution in [2.45, 2.75) is 6.92 Å². The van der Waals surface area contributed by atoms with Crippen molar-refractivity contribution in [1.29, 1.82) is 0 Å². The molecule has 4 aromatic rings. The maximum atomic E-state index is 13.9. The molecule has 2 aromatic carbocycles. The first-order valence-electron chi connectivity index (χ1n) is 8.62. The van der Waals surface area contributed by atoms with Crippen LogP contribution in [-0.4, -0.2) is 27.6 Å². The molecule has 0 radical (unpaired) electrons. The van der Waals surface area contributed by atoms with Crippen LogP contribution in [0.3, 0.4) is 0 Å². The molecule has 1 amide bonds. The number of methoxy groups -OCH3 is 1. The van der Waals surface area contributed by atoms with E-state index in [1.807, 2.05) is 31.2 Å². The van der Waals surface area contributed by atoms with E-state index in [9.17, 15) is 9.18 Å². The summed E-state index contributed by atoms with van der Waals surface area (Å²) in [5.74, 6) is -0.577. The Morgan fingerprint density at radius 3 is 2.75 bits per heavy atom. The highest BCUT2D eigenvalue weighted by Gasteiger charge is 2.14. The van der Waals surface area contributed by atoms with Crippen LogP contribution < -0.4 is 10.1 Å². The van der Waals surface area contributed by atoms with E-state index in [1.165, 1.54) is 12.1 Å². The van der Waals surface area contributed by atoms with Gasteiger partial charge in [-0.2, -0.15) is 0 Å². The third kappa shape index (κ3) is 3.29. The molecular weight excluding hydrogens is 359 g/mol. The summed E-state index contributed by atoms with van der Waals surface area (Å²) in [5.41, 5.74) is 3.62. The van der Waals surface area contributed by atoms with Crippen molar-refractivity contribution >= 4 is 17.2 Å². The number of halogens is 1. The number of rotatable bonds is 4. The number of carbonyl (C=O) groups excluding carboxylic acids is 1. The molecule has 1 N–H and O–H groups in total. The molecule has 0 saturated heterocycles. The van der Waals surface area contributed by atoms with Gasteiger partial charge in [-0.3, -0.25) is 4.79 Å². The first kappa shape index (κ1) is 17.7. The molecule has 0 bridgehead atoms. The van der Waals surface area contributed by atoms with Gasteiger partial charge in [-0.05, 0) is 36.8 Å². The Morgan fingerprint density at radius 1 is 1.14 bits per heavy atom. The number of aromatic nitrogens is 3. The Morgan fingerprint density at radius 2 is 1.96 bits per heavy atom. The van der Waals surface area contributed by atoms with Gasteiger partial charge in [-0.1, -0.05) is 24.3 Å². The molecule has 2 heterocycles. The number of ether oxygens (including phenoxy) is 1. The summed E-state index contributed by atoms with van der Waals surface area (Å²) in [5, 5.41) is 7.08. The maximum absolute atomic E-state index is 13.9. The van der Waals surface area contributed by atoms with Crippen LogP contribution in [0.2, 0.25) is 0 Å². The standard InChI is InChI=1S/C21H17FN4O2/c1-13-7-8-14(18-12-26-19(23-18)9-10-20(25-26)28-2)11-17(13)24-21(27)15-5-3-4-6-16(15)22/h3-12H,1-2H3,(H,24,27). The minimum atomic E-state index is -0.561. The number of benzene rings is 2. The molecule has 2 aromatic heterocycles. The van der Waals surface area contributed by atoms with E-state index in [0.29, 0.717) is 22.9 Å². The van der Waals surface area contributed by atoms with Crippen LogP contribution in [0.15, 0.2) is 60.8 Å². The van der Waals surface area contributed by atoms with E-state index in [0.717, 1.165) is 11.1 Å². The van der Waals surface area contributed by atoms with Crippen molar-refractivity contribution in [3.05, 3.63) is 77.7 Å². The van der Waals surface area contributed by atoms with Crippen molar-refractivity contribution in [3.63, 3.8) is 0 Å². The minimum absolute atomic E-state index is 0.00340. The topological polar surface area (TPSA) is 68.5 Å². The molecule has 7 heteroatoms. The Bertz CT molecular complexity index is 1190. The monoisotopic (exact) mass is 376 g/mol. The van der Waals surface area contributed by atoms with Gasteiger partial charge in [-0.15, -0.1) is 5.10 Å². The molecule has 4 rings (SSSR count). The number of hydrogen-bond acceptors (Lipinski definition) is 4. The van der Waals surface area contributed by atoms with Gasteiger partial charge in [0, 0.05) is 17.3 Å². The average molecular weight is 376 g/mol. The van der Waals surface area contributed by atoms with Crippen LogP contribution >= 0.6 is 0 Å². The molecule has 0 aliphatic heterocycles. The number of carbonyl (C=O) groups is 1. The van der Waals surface area contributed by atoms with E-state index in [-0.39, 0.29) is 5.56 Å². The molecule has 0 saturated carbocycles. The predicted octanol–water partition coefficient (Wildman–Crippen LogP) is 4.10. The summed E-state index contributed by atoms with van der Waals surface area (Å²) in [7, 11) is 1.55. The van der Waals surface area contributed by atoms with Crippen molar-refractivity contribution in [2.75, 3.05) is 12.4 Å². The summed E-state index contributed by atoms with van der Waals surface area (Å²) in [4.78, 5) is 17.0. The molecule has 0 aliphatic rings. The SMILES string of the molecule is COc1ccc2nc(-c3ccc(C)c(NC(=O)c4ccccc4F)c3)cn2n1. The molecule has 0 atom stereocenters. The van der Waals surface area contributed by atoms with Crippen molar-refractivity contribution in [2.24, 2.45) is 0 Å². The van der Waals surface area contributed by atoms with Crippen molar-refractivity contribution in [1.82, 2.24) is 14.6 Å².